The van der Waals surface area contributed by atoms with E-state index >= 15 is 0 Å². The second-order valence-electron chi connectivity index (χ2n) is 6.89. The van der Waals surface area contributed by atoms with Crippen molar-refractivity contribution < 1.29 is 9.59 Å². The number of hydrogen-bond acceptors (Lipinski definition) is 5. The van der Waals surface area contributed by atoms with E-state index in [2.05, 4.69) is 25.2 Å². The molecule has 2 aliphatic rings. The van der Waals surface area contributed by atoms with Crippen molar-refractivity contribution in [3.05, 3.63) is 18.0 Å². The second-order valence-corrected chi connectivity index (χ2v) is 6.89. The number of amides is 2. The Kier molecular flexibility index (Phi) is 3.91. The van der Waals surface area contributed by atoms with E-state index in [0.717, 1.165) is 31.1 Å². The van der Waals surface area contributed by atoms with Gasteiger partial charge in [0.2, 0.25) is 11.9 Å². The molecule has 25 heavy (non-hydrogen) atoms. The van der Waals surface area contributed by atoms with Crippen molar-refractivity contribution in [1.82, 2.24) is 19.9 Å². The molecule has 3 heterocycles. The standard InChI is InChI=1S/C17H22N6O2/c18-7-4-13(24)21-16-19-9-11-8-12-15(25)20-10-17(5-2-1-3-6-17)23(12)14(11)22-16/h8-9H,1-7,10,18H2,(H,20,25)(H,19,21,22,24). The summed E-state index contributed by atoms with van der Waals surface area (Å²) in [6.07, 6.45) is 7.42. The Bertz CT molecular complexity index is 837. The molecule has 1 aliphatic heterocycles. The number of nitrogens with zero attached hydrogens (tertiary/aromatic N) is 3. The molecule has 4 rings (SSSR count). The molecular formula is C17H22N6O2. The maximum Gasteiger partial charge on any atom is 0.268 e. The molecule has 2 aromatic rings. The van der Waals surface area contributed by atoms with Gasteiger partial charge in [0.15, 0.2) is 0 Å². The maximum absolute atomic E-state index is 12.4. The van der Waals surface area contributed by atoms with Crippen molar-refractivity contribution in [3.8, 4) is 0 Å². The van der Waals surface area contributed by atoms with E-state index < -0.39 is 0 Å². The lowest BCUT2D eigenvalue weighted by atomic mass is 9.80. The van der Waals surface area contributed by atoms with Gasteiger partial charge in [0.05, 0.1) is 5.54 Å². The van der Waals surface area contributed by atoms with Gasteiger partial charge in [-0.25, -0.2) is 4.98 Å². The van der Waals surface area contributed by atoms with Gasteiger partial charge in [0.25, 0.3) is 5.91 Å². The molecular weight excluding hydrogens is 320 g/mol. The third-order valence-electron chi connectivity index (χ3n) is 5.23. The fourth-order valence-corrected chi connectivity index (χ4v) is 4.04. The van der Waals surface area contributed by atoms with Crippen LogP contribution in [0.5, 0.6) is 0 Å². The first-order valence-corrected chi connectivity index (χ1v) is 8.80. The summed E-state index contributed by atoms with van der Waals surface area (Å²) in [6, 6.07) is 1.84. The zero-order valence-corrected chi connectivity index (χ0v) is 14.0. The third kappa shape index (κ3) is 2.66. The second kappa shape index (κ2) is 6.11. The summed E-state index contributed by atoms with van der Waals surface area (Å²) >= 11 is 0. The highest BCUT2D eigenvalue weighted by Gasteiger charge is 2.41. The van der Waals surface area contributed by atoms with Gasteiger partial charge in [-0.05, 0) is 18.9 Å². The minimum atomic E-state index is -0.211. The zero-order valence-electron chi connectivity index (χ0n) is 14.0. The molecule has 0 aromatic carbocycles. The first-order chi connectivity index (χ1) is 12.1. The van der Waals surface area contributed by atoms with Crippen LogP contribution in [0.4, 0.5) is 5.95 Å². The number of hydrogen-bond donors (Lipinski definition) is 3. The van der Waals surface area contributed by atoms with E-state index in [9.17, 15) is 9.59 Å². The van der Waals surface area contributed by atoms with Gasteiger partial charge < -0.3 is 15.6 Å². The largest absolute Gasteiger partial charge is 0.348 e. The highest BCUT2D eigenvalue weighted by molar-refractivity contribution is 5.99. The summed E-state index contributed by atoms with van der Waals surface area (Å²) in [5.41, 5.74) is 6.62. The molecule has 0 saturated heterocycles. The normalized spacial score (nSPS) is 18.8. The Hall–Kier alpha value is -2.48. The Morgan fingerprint density at radius 1 is 1.36 bits per heavy atom. The first-order valence-electron chi connectivity index (χ1n) is 8.80. The molecule has 8 heteroatoms. The van der Waals surface area contributed by atoms with Gasteiger partial charge in [-0.2, -0.15) is 4.98 Å². The summed E-state index contributed by atoms with van der Waals surface area (Å²) in [5.74, 6) is -0.0379. The van der Waals surface area contributed by atoms with Crippen molar-refractivity contribution in [2.75, 3.05) is 18.4 Å². The number of carbonyl (C=O) groups excluding carboxylic acids is 2. The Balaban J connectivity index is 1.81. The highest BCUT2D eigenvalue weighted by Crippen LogP contribution is 2.40. The molecule has 1 aliphatic carbocycles. The quantitative estimate of drug-likeness (QED) is 0.773. The molecule has 0 bridgehead atoms. The van der Waals surface area contributed by atoms with Gasteiger partial charge in [-0.3, -0.25) is 14.9 Å². The van der Waals surface area contributed by atoms with Crippen LogP contribution in [0.1, 0.15) is 49.0 Å². The average Bonchev–Trinajstić information content (AvgIpc) is 3.00. The van der Waals surface area contributed by atoms with Gasteiger partial charge in [-0.15, -0.1) is 0 Å². The predicted octanol–water partition coefficient (Wildman–Crippen LogP) is 1.12. The number of anilines is 1. The molecule has 1 spiro atoms. The lowest BCUT2D eigenvalue weighted by Gasteiger charge is -2.42. The van der Waals surface area contributed by atoms with Gasteiger partial charge in [0, 0.05) is 31.1 Å². The summed E-state index contributed by atoms with van der Waals surface area (Å²) in [5, 5.41) is 6.52. The molecule has 2 aromatic heterocycles. The van der Waals surface area contributed by atoms with Crippen molar-refractivity contribution in [3.63, 3.8) is 0 Å². The van der Waals surface area contributed by atoms with Crippen molar-refractivity contribution in [2.24, 2.45) is 5.73 Å². The van der Waals surface area contributed by atoms with Gasteiger partial charge >= 0.3 is 0 Å². The molecule has 8 nitrogen and oxygen atoms in total. The monoisotopic (exact) mass is 342 g/mol. The molecule has 0 atom stereocenters. The number of carbonyl (C=O) groups is 2. The van der Waals surface area contributed by atoms with Crippen molar-refractivity contribution in [2.45, 2.75) is 44.1 Å². The SMILES string of the molecule is NCCC(=O)Nc1ncc2cc3n(c2n1)C1(CCCCC1)CNC3=O. The fourth-order valence-electron chi connectivity index (χ4n) is 4.04. The minimum absolute atomic E-state index is 0.0806. The lowest BCUT2D eigenvalue weighted by molar-refractivity contribution is -0.116. The smallest absolute Gasteiger partial charge is 0.268 e. The summed E-state index contributed by atoms with van der Waals surface area (Å²) in [6.45, 7) is 0.902. The minimum Gasteiger partial charge on any atom is -0.348 e. The molecule has 0 unspecified atom stereocenters. The number of nitrogens with one attached hydrogen (secondary N) is 2. The van der Waals surface area contributed by atoms with Crippen LogP contribution in [0, 0.1) is 0 Å². The van der Waals surface area contributed by atoms with E-state index in [-0.39, 0.29) is 36.3 Å². The van der Waals surface area contributed by atoms with Crippen LogP contribution in [-0.2, 0) is 10.3 Å². The molecule has 1 fully saturated rings. The number of aromatic nitrogens is 3. The lowest BCUT2D eigenvalue weighted by Crippen LogP contribution is -2.52. The molecule has 1 saturated carbocycles. The van der Waals surface area contributed by atoms with Gasteiger partial charge in [-0.1, -0.05) is 19.3 Å². The molecule has 132 valence electrons. The van der Waals surface area contributed by atoms with E-state index in [1.165, 1.54) is 6.42 Å². The van der Waals surface area contributed by atoms with E-state index in [4.69, 9.17) is 5.73 Å². The van der Waals surface area contributed by atoms with Crippen LogP contribution in [0.3, 0.4) is 0 Å². The average molecular weight is 342 g/mol. The maximum atomic E-state index is 12.4. The Morgan fingerprint density at radius 2 is 2.16 bits per heavy atom. The Morgan fingerprint density at radius 3 is 2.92 bits per heavy atom. The highest BCUT2D eigenvalue weighted by atomic mass is 16.2. The summed E-state index contributed by atoms with van der Waals surface area (Å²) < 4.78 is 2.08. The molecule has 0 radical (unpaired) electrons. The van der Waals surface area contributed by atoms with E-state index in [1.54, 1.807) is 6.20 Å². The molecule has 4 N–H and O–H groups in total. The Labute approximate surface area is 145 Å². The number of fused-ring (bicyclic) bond motifs is 4. The van der Waals surface area contributed by atoms with Crippen LogP contribution < -0.4 is 16.4 Å². The van der Waals surface area contributed by atoms with E-state index in [0.29, 0.717) is 17.9 Å². The van der Waals surface area contributed by atoms with Gasteiger partial charge in [0.1, 0.15) is 11.3 Å². The number of rotatable bonds is 3. The van der Waals surface area contributed by atoms with Crippen LogP contribution in [0.15, 0.2) is 12.3 Å². The fraction of sp³-hybridized carbons (Fsp3) is 0.529. The zero-order chi connectivity index (χ0) is 17.4. The first kappa shape index (κ1) is 16.0. The van der Waals surface area contributed by atoms with Crippen LogP contribution in [-0.4, -0.2) is 39.4 Å². The predicted molar refractivity (Wildman–Crippen MR) is 93.2 cm³/mol. The summed E-state index contributed by atoms with van der Waals surface area (Å²) in [7, 11) is 0. The summed E-state index contributed by atoms with van der Waals surface area (Å²) in [4.78, 5) is 32.9. The van der Waals surface area contributed by atoms with Crippen LogP contribution in [0.2, 0.25) is 0 Å². The van der Waals surface area contributed by atoms with Crippen LogP contribution >= 0.6 is 0 Å². The topological polar surface area (TPSA) is 115 Å². The van der Waals surface area contributed by atoms with Crippen molar-refractivity contribution >= 4 is 28.8 Å². The van der Waals surface area contributed by atoms with Crippen LogP contribution in [0.25, 0.3) is 11.0 Å². The number of nitrogens with two attached hydrogens (primary N) is 1. The third-order valence-corrected chi connectivity index (χ3v) is 5.23. The van der Waals surface area contributed by atoms with E-state index in [1.807, 2.05) is 6.07 Å². The van der Waals surface area contributed by atoms with Crippen molar-refractivity contribution in [1.29, 1.82) is 0 Å². The molecule has 2 amide bonds.